The van der Waals surface area contributed by atoms with Gasteiger partial charge in [0.15, 0.2) is 11.0 Å². The quantitative estimate of drug-likeness (QED) is 0.572. The van der Waals surface area contributed by atoms with Crippen LogP contribution in [-0.4, -0.2) is 43.8 Å². The first-order chi connectivity index (χ1) is 15.4. The summed E-state index contributed by atoms with van der Waals surface area (Å²) in [4.78, 5) is 27.4. The normalized spacial score (nSPS) is 15.7. The molecule has 0 spiro atoms. The standard InChI is InChI=1S/C24H27N5O2S/c1-16-7-4-9-18(13-16)23(31)29-12-6-11-20(29)22-26-27-24(28(22)3)32-15-21(30)25-19-10-5-8-17(2)14-19/h4-5,7-10,13-14,20H,6,11-12,15H2,1-3H3,(H,25,30). The summed E-state index contributed by atoms with van der Waals surface area (Å²) in [5.74, 6) is 0.912. The smallest absolute Gasteiger partial charge is 0.254 e. The molecule has 1 N–H and O–H groups in total. The number of hydrogen-bond donors (Lipinski definition) is 1. The fourth-order valence-electron chi connectivity index (χ4n) is 4.01. The van der Waals surface area contributed by atoms with Crippen molar-refractivity contribution >= 4 is 29.3 Å². The SMILES string of the molecule is Cc1cccc(NC(=O)CSc2nnc(C3CCCN3C(=O)c3cccc(C)c3)n2C)c1. The molecule has 2 amide bonds. The Balaban J connectivity index is 1.42. The Kier molecular flexibility index (Phi) is 6.60. The average Bonchev–Trinajstić information content (AvgIpc) is 3.38. The Morgan fingerprint density at radius 2 is 1.84 bits per heavy atom. The number of likely N-dealkylation sites (tertiary alicyclic amines) is 1. The number of rotatable bonds is 6. The van der Waals surface area contributed by atoms with Gasteiger partial charge in [-0.05, 0) is 56.5 Å². The Hall–Kier alpha value is -3.13. The number of carbonyl (C=O) groups excluding carboxylic acids is 2. The molecule has 166 valence electrons. The van der Waals surface area contributed by atoms with Crippen LogP contribution in [0.15, 0.2) is 53.7 Å². The molecule has 1 aromatic heterocycles. The van der Waals surface area contributed by atoms with Gasteiger partial charge < -0.3 is 14.8 Å². The number of nitrogens with one attached hydrogen (secondary N) is 1. The molecule has 1 saturated heterocycles. The van der Waals surface area contributed by atoms with Gasteiger partial charge in [0.25, 0.3) is 5.91 Å². The van der Waals surface area contributed by atoms with E-state index in [2.05, 4.69) is 15.5 Å². The van der Waals surface area contributed by atoms with Crippen LogP contribution >= 0.6 is 11.8 Å². The molecule has 0 saturated carbocycles. The van der Waals surface area contributed by atoms with Gasteiger partial charge in [0.2, 0.25) is 5.91 Å². The van der Waals surface area contributed by atoms with Gasteiger partial charge in [-0.1, -0.05) is 41.6 Å². The molecule has 1 fully saturated rings. The molecule has 32 heavy (non-hydrogen) atoms. The van der Waals surface area contributed by atoms with Crippen molar-refractivity contribution in [1.29, 1.82) is 0 Å². The van der Waals surface area contributed by atoms with Crippen LogP contribution in [-0.2, 0) is 11.8 Å². The predicted molar refractivity (Wildman–Crippen MR) is 126 cm³/mol. The van der Waals surface area contributed by atoms with Gasteiger partial charge in [0.1, 0.15) is 0 Å². The van der Waals surface area contributed by atoms with Crippen LogP contribution in [0.4, 0.5) is 5.69 Å². The second-order valence-corrected chi connectivity index (χ2v) is 9.07. The highest BCUT2D eigenvalue weighted by Gasteiger charge is 2.34. The minimum absolute atomic E-state index is 0.0194. The molecule has 0 bridgehead atoms. The first kappa shape index (κ1) is 22.1. The zero-order chi connectivity index (χ0) is 22.7. The number of thioether (sulfide) groups is 1. The third-order valence-electron chi connectivity index (χ3n) is 5.58. The molecule has 2 aromatic carbocycles. The Labute approximate surface area is 192 Å². The molecule has 3 aromatic rings. The van der Waals surface area contributed by atoms with Crippen molar-refractivity contribution in [3.8, 4) is 0 Å². The lowest BCUT2D eigenvalue weighted by atomic mass is 10.1. The minimum Gasteiger partial charge on any atom is -0.328 e. The fourth-order valence-corrected chi connectivity index (χ4v) is 4.73. The molecule has 0 radical (unpaired) electrons. The summed E-state index contributed by atoms with van der Waals surface area (Å²) in [5.41, 5.74) is 3.63. The zero-order valence-corrected chi connectivity index (χ0v) is 19.4. The Morgan fingerprint density at radius 1 is 1.09 bits per heavy atom. The van der Waals surface area contributed by atoms with Gasteiger partial charge in [-0.2, -0.15) is 0 Å². The van der Waals surface area contributed by atoms with Crippen LogP contribution < -0.4 is 5.32 Å². The number of aromatic nitrogens is 3. The van der Waals surface area contributed by atoms with Gasteiger partial charge in [-0.25, -0.2) is 0 Å². The third-order valence-corrected chi connectivity index (χ3v) is 6.60. The van der Waals surface area contributed by atoms with Crippen molar-refractivity contribution in [1.82, 2.24) is 19.7 Å². The lowest BCUT2D eigenvalue weighted by Crippen LogP contribution is -2.32. The maximum atomic E-state index is 13.1. The summed E-state index contributed by atoms with van der Waals surface area (Å²) in [6.45, 7) is 4.67. The lowest BCUT2D eigenvalue weighted by Gasteiger charge is -2.24. The van der Waals surface area contributed by atoms with Crippen LogP contribution in [0, 0.1) is 13.8 Å². The maximum Gasteiger partial charge on any atom is 0.254 e. The Bertz CT molecular complexity index is 1140. The molecule has 0 aliphatic carbocycles. The van der Waals surface area contributed by atoms with Crippen LogP contribution in [0.2, 0.25) is 0 Å². The van der Waals surface area contributed by atoms with Crippen LogP contribution in [0.3, 0.4) is 0 Å². The van der Waals surface area contributed by atoms with Crippen molar-refractivity contribution in [3.05, 3.63) is 71.0 Å². The van der Waals surface area contributed by atoms with Crippen LogP contribution in [0.5, 0.6) is 0 Å². The lowest BCUT2D eigenvalue weighted by molar-refractivity contribution is -0.113. The van der Waals surface area contributed by atoms with Crippen LogP contribution in [0.25, 0.3) is 0 Å². The average molecular weight is 450 g/mol. The van der Waals surface area contributed by atoms with Crippen molar-refractivity contribution in [3.63, 3.8) is 0 Å². The van der Waals surface area contributed by atoms with E-state index in [1.165, 1.54) is 11.8 Å². The van der Waals surface area contributed by atoms with E-state index < -0.39 is 0 Å². The number of aryl methyl sites for hydroxylation is 2. The first-order valence-electron chi connectivity index (χ1n) is 10.7. The van der Waals surface area contributed by atoms with Crippen molar-refractivity contribution < 1.29 is 9.59 Å². The molecule has 1 aliphatic heterocycles. The van der Waals surface area contributed by atoms with E-state index in [1.54, 1.807) is 0 Å². The summed E-state index contributed by atoms with van der Waals surface area (Å²) >= 11 is 1.34. The summed E-state index contributed by atoms with van der Waals surface area (Å²) < 4.78 is 1.90. The topological polar surface area (TPSA) is 80.1 Å². The van der Waals surface area contributed by atoms with Gasteiger partial charge in [0, 0.05) is 24.8 Å². The van der Waals surface area contributed by atoms with E-state index in [0.29, 0.717) is 17.3 Å². The van der Waals surface area contributed by atoms with E-state index in [0.717, 1.165) is 35.5 Å². The summed E-state index contributed by atoms with van der Waals surface area (Å²) in [5, 5.41) is 12.2. The van der Waals surface area contributed by atoms with Gasteiger partial charge >= 0.3 is 0 Å². The molecule has 2 heterocycles. The fraction of sp³-hybridized carbons (Fsp3) is 0.333. The van der Waals surface area contributed by atoms with E-state index in [-0.39, 0.29) is 23.6 Å². The second-order valence-electron chi connectivity index (χ2n) is 8.13. The molecule has 4 rings (SSSR count). The monoisotopic (exact) mass is 449 g/mol. The highest BCUT2D eigenvalue weighted by Crippen LogP contribution is 2.33. The molecule has 7 nitrogen and oxygen atoms in total. The van der Waals surface area contributed by atoms with E-state index in [4.69, 9.17) is 0 Å². The highest BCUT2D eigenvalue weighted by molar-refractivity contribution is 7.99. The number of anilines is 1. The summed E-state index contributed by atoms with van der Waals surface area (Å²) in [6, 6.07) is 15.3. The molecular formula is C24H27N5O2S. The molecule has 1 aliphatic rings. The second kappa shape index (κ2) is 9.56. The van der Waals surface area contributed by atoms with Gasteiger partial charge in [0.05, 0.1) is 11.8 Å². The summed E-state index contributed by atoms with van der Waals surface area (Å²) in [7, 11) is 1.89. The van der Waals surface area contributed by atoms with E-state index in [1.807, 2.05) is 78.9 Å². The van der Waals surface area contributed by atoms with E-state index in [9.17, 15) is 9.59 Å². The Morgan fingerprint density at radius 3 is 2.59 bits per heavy atom. The largest absolute Gasteiger partial charge is 0.328 e. The summed E-state index contributed by atoms with van der Waals surface area (Å²) in [6.07, 6.45) is 1.78. The number of amides is 2. The van der Waals surface area contributed by atoms with Crippen molar-refractivity contribution in [2.45, 2.75) is 37.9 Å². The number of hydrogen-bond acceptors (Lipinski definition) is 5. The number of nitrogens with zero attached hydrogens (tertiary/aromatic N) is 4. The van der Waals surface area contributed by atoms with E-state index >= 15 is 0 Å². The first-order valence-corrected chi connectivity index (χ1v) is 11.7. The number of benzene rings is 2. The minimum atomic E-state index is -0.115. The molecule has 8 heteroatoms. The van der Waals surface area contributed by atoms with Crippen molar-refractivity contribution in [2.75, 3.05) is 17.6 Å². The predicted octanol–water partition coefficient (Wildman–Crippen LogP) is 4.14. The number of carbonyl (C=O) groups is 2. The molecule has 1 atom stereocenters. The van der Waals surface area contributed by atoms with Gasteiger partial charge in [-0.3, -0.25) is 9.59 Å². The van der Waals surface area contributed by atoms with Crippen molar-refractivity contribution in [2.24, 2.45) is 7.05 Å². The third kappa shape index (κ3) is 4.85. The van der Waals surface area contributed by atoms with Crippen LogP contribution in [0.1, 0.15) is 46.2 Å². The van der Waals surface area contributed by atoms with Gasteiger partial charge in [-0.15, -0.1) is 10.2 Å². The highest BCUT2D eigenvalue weighted by atomic mass is 32.2. The molecule has 1 unspecified atom stereocenters. The zero-order valence-electron chi connectivity index (χ0n) is 18.5. The maximum absolute atomic E-state index is 13.1. The molecular weight excluding hydrogens is 422 g/mol.